The van der Waals surface area contributed by atoms with Crippen molar-refractivity contribution in [3.8, 4) is 0 Å². The van der Waals surface area contributed by atoms with Gasteiger partial charge in [-0.2, -0.15) is 0 Å². The lowest BCUT2D eigenvalue weighted by atomic mass is 9.95. The molecule has 0 spiro atoms. The number of hydrogen-bond acceptors (Lipinski definition) is 2. The monoisotopic (exact) mass is 333 g/mol. The highest BCUT2D eigenvalue weighted by Gasteiger charge is 2.44. The van der Waals surface area contributed by atoms with Crippen molar-refractivity contribution in [2.24, 2.45) is 0 Å². The van der Waals surface area contributed by atoms with Gasteiger partial charge in [0, 0.05) is 18.1 Å². The molecule has 2 aliphatic heterocycles. The van der Waals surface area contributed by atoms with Crippen LogP contribution in [0.5, 0.6) is 0 Å². The summed E-state index contributed by atoms with van der Waals surface area (Å²) in [6, 6.07) is 6.73. The van der Waals surface area contributed by atoms with Gasteiger partial charge in [-0.1, -0.05) is 36.7 Å². The van der Waals surface area contributed by atoms with E-state index in [9.17, 15) is 9.59 Å². The van der Waals surface area contributed by atoms with Gasteiger partial charge in [0.05, 0.1) is 23.9 Å². The number of urea groups is 1. The normalized spacial score (nSPS) is 22.3. The van der Waals surface area contributed by atoms with Crippen LogP contribution in [0, 0.1) is 0 Å². The summed E-state index contributed by atoms with van der Waals surface area (Å²) >= 11 is 6.29. The molecule has 1 aromatic carbocycles. The van der Waals surface area contributed by atoms with Crippen LogP contribution < -0.4 is 5.32 Å². The number of rotatable bonds is 3. The fraction of sp³-hybridized carbons (Fsp3) is 0.412. The minimum absolute atomic E-state index is 0.0221. The maximum absolute atomic E-state index is 12.9. The van der Waals surface area contributed by atoms with Crippen molar-refractivity contribution in [1.29, 1.82) is 0 Å². The Kier molecular flexibility index (Phi) is 4.06. The third-order valence-electron chi connectivity index (χ3n) is 4.73. The second-order valence-corrected chi connectivity index (χ2v) is 6.42. The van der Waals surface area contributed by atoms with Crippen molar-refractivity contribution in [1.82, 2.24) is 15.1 Å². The maximum atomic E-state index is 12.9. The summed E-state index contributed by atoms with van der Waals surface area (Å²) in [5.41, 5.74) is 2.15. The lowest BCUT2D eigenvalue weighted by Crippen LogP contribution is -2.45. The molecule has 5 nitrogen and oxygen atoms in total. The summed E-state index contributed by atoms with van der Waals surface area (Å²) in [4.78, 5) is 28.6. The smallest absolute Gasteiger partial charge is 0.322 e. The van der Waals surface area contributed by atoms with E-state index in [1.54, 1.807) is 13.1 Å². The average molecular weight is 334 g/mol. The molecule has 122 valence electrons. The summed E-state index contributed by atoms with van der Waals surface area (Å²) in [6.07, 6.45) is 0.869. The molecule has 0 aliphatic carbocycles. The second kappa shape index (κ2) is 5.89. The molecule has 0 bridgehead atoms. The maximum Gasteiger partial charge on any atom is 0.322 e. The highest BCUT2D eigenvalue weighted by atomic mass is 35.5. The number of amides is 3. The Bertz CT molecular complexity index is 701. The first-order valence-electron chi connectivity index (χ1n) is 7.78. The van der Waals surface area contributed by atoms with Crippen LogP contribution in [0.4, 0.5) is 4.79 Å². The Labute approximate surface area is 140 Å². The van der Waals surface area contributed by atoms with E-state index in [2.05, 4.69) is 5.32 Å². The minimum atomic E-state index is -0.496. The zero-order valence-corrected chi connectivity index (χ0v) is 14.2. The van der Waals surface area contributed by atoms with E-state index in [1.807, 2.05) is 36.9 Å². The Morgan fingerprint density at radius 2 is 2.04 bits per heavy atom. The molecule has 6 heteroatoms. The average Bonchev–Trinajstić information content (AvgIpc) is 2.89. The Morgan fingerprint density at radius 3 is 2.70 bits per heavy atom. The molecular formula is C17H20ClN3O2. The van der Waals surface area contributed by atoms with Crippen molar-refractivity contribution in [3.05, 3.63) is 46.1 Å². The number of likely N-dealkylation sites (N-methyl/N-ethyl adjacent to an activating group) is 1. The highest BCUT2D eigenvalue weighted by molar-refractivity contribution is 6.31. The largest absolute Gasteiger partial charge is 0.330 e. The van der Waals surface area contributed by atoms with Crippen LogP contribution in [-0.4, -0.2) is 41.4 Å². The number of benzene rings is 1. The first kappa shape index (κ1) is 15.9. The summed E-state index contributed by atoms with van der Waals surface area (Å²) in [5.74, 6) is -0.0221. The Morgan fingerprint density at radius 1 is 1.35 bits per heavy atom. The Hall–Kier alpha value is -2.01. The number of carbonyl (C=O) groups is 2. The molecule has 3 amide bonds. The molecule has 3 rings (SSSR count). The SMILES string of the molecule is CC[C@H](C)N1CC2=C(C1=O)[C@H](c1ccccc1Cl)NC(=O)N2C. The van der Waals surface area contributed by atoms with E-state index in [0.717, 1.165) is 17.7 Å². The van der Waals surface area contributed by atoms with Crippen LogP contribution in [0.3, 0.4) is 0 Å². The fourth-order valence-electron chi connectivity index (χ4n) is 3.11. The van der Waals surface area contributed by atoms with E-state index >= 15 is 0 Å². The van der Waals surface area contributed by atoms with E-state index in [-0.39, 0.29) is 18.0 Å². The van der Waals surface area contributed by atoms with Gasteiger partial charge in [-0.05, 0) is 25.0 Å². The molecule has 0 unspecified atom stereocenters. The van der Waals surface area contributed by atoms with Crippen LogP contribution in [0.15, 0.2) is 35.5 Å². The van der Waals surface area contributed by atoms with Gasteiger partial charge in [-0.15, -0.1) is 0 Å². The van der Waals surface area contributed by atoms with Gasteiger partial charge < -0.3 is 10.2 Å². The van der Waals surface area contributed by atoms with Crippen molar-refractivity contribution in [2.45, 2.75) is 32.4 Å². The molecule has 2 aliphatic rings. The highest BCUT2D eigenvalue weighted by Crippen LogP contribution is 2.38. The van der Waals surface area contributed by atoms with Crippen molar-refractivity contribution < 1.29 is 9.59 Å². The fourth-order valence-corrected chi connectivity index (χ4v) is 3.35. The number of carbonyl (C=O) groups excluding carboxylic acids is 2. The third kappa shape index (κ3) is 2.49. The summed E-state index contributed by atoms with van der Waals surface area (Å²) in [7, 11) is 1.70. The predicted molar refractivity (Wildman–Crippen MR) is 89.0 cm³/mol. The van der Waals surface area contributed by atoms with Gasteiger partial charge in [0.15, 0.2) is 0 Å². The van der Waals surface area contributed by atoms with Crippen LogP contribution in [0.25, 0.3) is 0 Å². The lowest BCUT2D eigenvalue weighted by Gasteiger charge is -2.31. The van der Waals surface area contributed by atoms with E-state index in [1.165, 1.54) is 4.90 Å². The number of halogens is 1. The predicted octanol–water partition coefficient (Wildman–Crippen LogP) is 2.93. The third-order valence-corrected chi connectivity index (χ3v) is 5.07. The quantitative estimate of drug-likeness (QED) is 0.924. The van der Waals surface area contributed by atoms with Crippen molar-refractivity contribution in [3.63, 3.8) is 0 Å². The molecule has 0 fully saturated rings. The lowest BCUT2D eigenvalue weighted by molar-refractivity contribution is -0.127. The molecule has 0 radical (unpaired) electrons. The molecular weight excluding hydrogens is 314 g/mol. The summed E-state index contributed by atoms with van der Waals surface area (Å²) in [5, 5.41) is 3.45. The molecule has 0 saturated carbocycles. The summed E-state index contributed by atoms with van der Waals surface area (Å²) < 4.78 is 0. The van der Waals surface area contributed by atoms with Gasteiger partial charge in [0.2, 0.25) is 0 Å². The standard InChI is InChI=1S/C17H20ClN3O2/c1-4-10(2)21-9-13-14(16(21)22)15(19-17(23)20(13)3)11-7-5-6-8-12(11)18/h5-8,10,15H,4,9H2,1-3H3,(H,19,23)/t10-,15-/m0/s1. The molecule has 0 saturated heterocycles. The first-order chi connectivity index (χ1) is 11.0. The van der Waals surface area contributed by atoms with Crippen LogP contribution in [0.1, 0.15) is 31.9 Å². The van der Waals surface area contributed by atoms with Crippen LogP contribution in [-0.2, 0) is 4.79 Å². The topological polar surface area (TPSA) is 52.7 Å². The molecule has 2 atom stereocenters. The Balaban J connectivity index is 2.07. The van der Waals surface area contributed by atoms with Gasteiger partial charge >= 0.3 is 6.03 Å². The minimum Gasteiger partial charge on any atom is -0.330 e. The first-order valence-corrected chi connectivity index (χ1v) is 8.16. The van der Waals surface area contributed by atoms with E-state index < -0.39 is 6.04 Å². The molecule has 23 heavy (non-hydrogen) atoms. The number of hydrogen-bond donors (Lipinski definition) is 1. The molecule has 0 aromatic heterocycles. The van der Waals surface area contributed by atoms with Crippen LogP contribution >= 0.6 is 11.6 Å². The zero-order chi connectivity index (χ0) is 16.7. The van der Waals surface area contributed by atoms with Gasteiger partial charge in [-0.3, -0.25) is 9.69 Å². The molecule has 1 aromatic rings. The van der Waals surface area contributed by atoms with Crippen molar-refractivity contribution in [2.75, 3.05) is 13.6 Å². The summed E-state index contributed by atoms with van der Waals surface area (Å²) in [6.45, 7) is 4.54. The van der Waals surface area contributed by atoms with Gasteiger partial charge in [0.25, 0.3) is 5.91 Å². The van der Waals surface area contributed by atoms with Crippen LogP contribution in [0.2, 0.25) is 5.02 Å². The second-order valence-electron chi connectivity index (χ2n) is 6.01. The molecule has 2 heterocycles. The van der Waals surface area contributed by atoms with Gasteiger partial charge in [-0.25, -0.2) is 4.79 Å². The molecule has 1 N–H and O–H groups in total. The number of nitrogens with one attached hydrogen (secondary N) is 1. The number of nitrogens with zero attached hydrogens (tertiary/aromatic N) is 2. The zero-order valence-electron chi connectivity index (χ0n) is 13.5. The van der Waals surface area contributed by atoms with E-state index in [0.29, 0.717) is 17.1 Å². The van der Waals surface area contributed by atoms with Gasteiger partial charge in [0.1, 0.15) is 0 Å². The van der Waals surface area contributed by atoms with Crippen molar-refractivity contribution >= 4 is 23.5 Å². The van der Waals surface area contributed by atoms with E-state index in [4.69, 9.17) is 11.6 Å².